The van der Waals surface area contributed by atoms with Gasteiger partial charge in [-0.15, -0.1) is 0 Å². The molecule has 5 heteroatoms. The van der Waals surface area contributed by atoms with Crippen LogP contribution in [0.4, 0.5) is 0 Å². The van der Waals surface area contributed by atoms with Crippen molar-refractivity contribution in [3.05, 3.63) is 22.2 Å². The minimum atomic E-state index is -0.820. The second-order valence-corrected chi connectivity index (χ2v) is 4.60. The van der Waals surface area contributed by atoms with E-state index in [1.54, 1.807) is 27.2 Å². The molecule has 0 aliphatic heterocycles. The van der Waals surface area contributed by atoms with Crippen LogP contribution in [0.1, 0.15) is 12.5 Å². The van der Waals surface area contributed by atoms with Crippen LogP contribution in [-0.4, -0.2) is 25.3 Å². The number of aliphatic carboxylic acids is 1. The average Bonchev–Trinajstić information content (AvgIpc) is 2.29. The van der Waals surface area contributed by atoms with Crippen molar-refractivity contribution in [3.63, 3.8) is 0 Å². The van der Waals surface area contributed by atoms with Gasteiger partial charge in [-0.1, -0.05) is 6.92 Å². The minimum absolute atomic E-state index is 0.418. The highest BCUT2D eigenvalue weighted by Gasteiger charge is 2.16. The van der Waals surface area contributed by atoms with Crippen molar-refractivity contribution in [2.45, 2.75) is 13.3 Å². The van der Waals surface area contributed by atoms with Crippen molar-refractivity contribution in [2.24, 2.45) is 5.92 Å². The smallest absolute Gasteiger partial charge is 0.306 e. The molecule has 4 nitrogen and oxygen atoms in total. The molecule has 0 heterocycles. The Labute approximate surface area is 109 Å². The maximum absolute atomic E-state index is 10.8. The lowest BCUT2D eigenvalue weighted by Crippen LogP contribution is -2.13. The Morgan fingerprint density at radius 1 is 1.35 bits per heavy atom. The molecule has 0 amide bonds. The summed E-state index contributed by atoms with van der Waals surface area (Å²) in [5.74, 6) is 0.0231. The quantitative estimate of drug-likeness (QED) is 0.908. The van der Waals surface area contributed by atoms with E-state index in [4.69, 9.17) is 14.6 Å². The number of methoxy groups -OCH3 is 2. The third kappa shape index (κ3) is 3.36. The second kappa shape index (κ2) is 5.91. The van der Waals surface area contributed by atoms with E-state index in [1.165, 1.54) is 0 Å². The molecule has 0 spiro atoms. The molecule has 1 unspecified atom stereocenters. The van der Waals surface area contributed by atoms with E-state index in [0.29, 0.717) is 17.9 Å². The van der Waals surface area contributed by atoms with E-state index in [-0.39, 0.29) is 0 Å². The standard InChI is InChI=1S/C12H15BrO4/c1-7(12(14)15)4-8-5-9(13)11(17-3)6-10(8)16-2/h5-7H,4H2,1-3H3,(H,14,15). The van der Waals surface area contributed by atoms with Crippen molar-refractivity contribution in [3.8, 4) is 11.5 Å². The molecule has 0 aliphatic rings. The lowest BCUT2D eigenvalue weighted by atomic mass is 10.0. The Balaban J connectivity index is 3.06. The fourth-order valence-electron chi connectivity index (χ4n) is 1.50. The molecule has 0 fully saturated rings. The summed E-state index contributed by atoms with van der Waals surface area (Å²) in [4.78, 5) is 10.8. The SMILES string of the molecule is COc1cc(OC)c(CC(C)C(=O)O)cc1Br. The molecule has 94 valence electrons. The number of carboxylic acid groups (broad SMARTS) is 1. The van der Waals surface area contributed by atoms with Crippen LogP contribution in [0.15, 0.2) is 16.6 Å². The molecule has 0 bridgehead atoms. The zero-order valence-corrected chi connectivity index (χ0v) is 11.6. The third-order valence-corrected chi connectivity index (χ3v) is 3.12. The van der Waals surface area contributed by atoms with Crippen molar-refractivity contribution < 1.29 is 19.4 Å². The number of ether oxygens (including phenoxy) is 2. The molecule has 0 saturated heterocycles. The van der Waals surface area contributed by atoms with Gasteiger partial charge in [0.25, 0.3) is 0 Å². The van der Waals surface area contributed by atoms with E-state index in [1.807, 2.05) is 6.07 Å². The minimum Gasteiger partial charge on any atom is -0.496 e. The zero-order chi connectivity index (χ0) is 13.0. The molecule has 0 aromatic heterocycles. The predicted molar refractivity (Wildman–Crippen MR) is 67.7 cm³/mol. The Kier molecular flexibility index (Phi) is 4.81. The van der Waals surface area contributed by atoms with E-state index in [2.05, 4.69) is 15.9 Å². The van der Waals surface area contributed by atoms with Gasteiger partial charge in [0, 0.05) is 6.07 Å². The Hall–Kier alpha value is -1.23. The third-order valence-electron chi connectivity index (χ3n) is 2.50. The van der Waals surface area contributed by atoms with E-state index in [9.17, 15) is 4.79 Å². The first-order chi connectivity index (χ1) is 7.99. The summed E-state index contributed by atoms with van der Waals surface area (Å²) in [5.41, 5.74) is 0.843. The molecule has 1 atom stereocenters. The maximum atomic E-state index is 10.8. The number of hydrogen-bond donors (Lipinski definition) is 1. The van der Waals surface area contributed by atoms with Gasteiger partial charge in [0.2, 0.25) is 0 Å². The first-order valence-corrected chi connectivity index (χ1v) is 5.92. The van der Waals surface area contributed by atoms with E-state index < -0.39 is 11.9 Å². The highest BCUT2D eigenvalue weighted by molar-refractivity contribution is 9.10. The summed E-state index contributed by atoms with van der Waals surface area (Å²) in [7, 11) is 3.12. The molecule has 1 rings (SSSR count). The van der Waals surface area contributed by atoms with E-state index >= 15 is 0 Å². The van der Waals surface area contributed by atoms with Gasteiger partial charge >= 0.3 is 5.97 Å². The summed E-state index contributed by atoms with van der Waals surface area (Å²) in [6.45, 7) is 1.67. The fourth-order valence-corrected chi connectivity index (χ4v) is 2.05. The number of carbonyl (C=O) groups is 1. The molecule has 1 aromatic rings. The van der Waals surface area contributed by atoms with E-state index in [0.717, 1.165) is 10.0 Å². The highest BCUT2D eigenvalue weighted by atomic mass is 79.9. The molecule has 0 radical (unpaired) electrons. The van der Waals surface area contributed by atoms with Gasteiger partial charge in [-0.3, -0.25) is 4.79 Å². The maximum Gasteiger partial charge on any atom is 0.306 e. The summed E-state index contributed by atoms with van der Waals surface area (Å²) in [6, 6.07) is 3.57. The van der Waals surface area contributed by atoms with Crippen molar-refractivity contribution in [2.75, 3.05) is 14.2 Å². The zero-order valence-electron chi connectivity index (χ0n) is 9.99. The van der Waals surface area contributed by atoms with Crippen molar-refractivity contribution >= 4 is 21.9 Å². The predicted octanol–water partition coefficient (Wildman–Crippen LogP) is 2.73. The summed E-state index contributed by atoms with van der Waals surface area (Å²) in [5, 5.41) is 8.90. The van der Waals surface area contributed by atoms with Gasteiger partial charge in [-0.05, 0) is 34.0 Å². The number of hydrogen-bond acceptors (Lipinski definition) is 3. The van der Waals surface area contributed by atoms with Crippen LogP contribution in [0, 0.1) is 5.92 Å². The van der Waals surface area contributed by atoms with Crippen LogP contribution >= 0.6 is 15.9 Å². The molecular formula is C12H15BrO4. The largest absolute Gasteiger partial charge is 0.496 e. The topological polar surface area (TPSA) is 55.8 Å². The lowest BCUT2D eigenvalue weighted by molar-refractivity contribution is -0.141. The Morgan fingerprint density at radius 2 is 1.94 bits per heavy atom. The van der Waals surface area contributed by atoms with Crippen LogP contribution in [0.2, 0.25) is 0 Å². The van der Waals surface area contributed by atoms with Crippen molar-refractivity contribution in [1.82, 2.24) is 0 Å². The average molecular weight is 303 g/mol. The first-order valence-electron chi connectivity index (χ1n) is 5.12. The van der Waals surface area contributed by atoms with Gasteiger partial charge in [0.05, 0.1) is 24.6 Å². The number of benzene rings is 1. The van der Waals surface area contributed by atoms with Crippen LogP contribution in [0.25, 0.3) is 0 Å². The lowest BCUT2D eigenvalue weighted by Gasteiger charge is -2.13. The van der Waals surface area contributed by atoms with Gasteiger partial charge in [-0.2, -0.15) is 0 Å². The van der Waals surface area contributed by atoms with Gasteiger partial charge < -0.3 is 14.6 Å². The fraction of sp³-hybridized carbons (Fsp3) is 0.417. The highest BCUT2D eigenvalue weighted by Crippen LogP contribution is 2.33. The summed E-state index contributed by atoms with van der Waals surface area (Å²) >= 11 is 3.37. The molecule has 1 N–H and O–H groups in total. The van der Waals surface area contributed by atoms with Gasteiger partial charge in [0.15, 0.2) is 0 Å². The van der Waals surface area contributed by atoms with Crippen LogP contribution in [0.3, 0.4) is 0 Å². The number of rotatable bonds is 5. The Morgan fingerprint density at radius 3 is 2.41 bits per heavy atom. The molecular weight excluding hydrogens is 288 g/mol. The summed E-state index contributed by atoms with van der Waals surface area (Å²) in [6.07, 6.45) is 0.418. The van der Waals surface area contributed by atoms with Crippen LogP contribution < -0.4 is 9.47 Å². The molecule has 0 aliphatic carbocycles. The van der Waals surface area contributed by atoms with Crippen molar-refractivity contribution in [1.29, 1.82) is 0 Å². The van der Waals surface area contributed by atoms with Crippen LogP contribution in [-0.2, 0) is 11.2 Å². The molecule has 0 saturated carbocycles. The summed E-state index contributed by atoms with van der Waals surface area (Å²) < 4.78 is 11.2. The molecule has 17 heavy (non-hydrogen) atoms. The number of halogens is 1. The van der Waals surface area contributed by atoms with Gasteiger partial charge in [-0.25, -0.2) is 0 Å². The number of carboxylic acids is 1. The normalized spacial score (nSPS) is 12.0. The monoisotopic (exact) mass is 302 g/mol. The second-order valence-electron chi connectivity index (χ2n) is 3.74. The van der Waals surface area contributed by atoms with Gasteiger partial charge in [0.1, 0.15) is 11.5 Å². The molecule has 1 aromatic carbocycles. The first kappa shape index (κ1) is 13.8. The Bertz CT molecular complexity index is 417. The van der Waals surface area contributed by atoms with Crippen LogP contribution in [0.5, 0.6) is 11.5 Å².